The molecule has 0 aliphatic rings. The van der Waals surface area contributed by atoms with E-state index in [9.17, 15) is 9.18 Å². The van der Waals surface area contributed by atoms with E-state index in [0.717, 1.165) is 0 Å². The van der Waals surface area contributed by atoms with Gasteiger partial charge in [-0.3, -0.25) is 9.36 Å². The highest BCUT2D eigenvalue weighted by molar-refractivity contribution is 6.07. The van der Waals surface area contributed by atoms with Gasteiger partial charge in [0.15, 0.2) is 0 Å². The molecule has 1 aromatic heterocycles. The zero-order chi connectivity index (χ0) is 15.6. The van der Waals surface area contributed by atoms with Crippen LogP contribution in [0.1, 0.15) is 25.3 Å². The van der Waals surface area contributed by atoms with E-state index in [2.05, 4.69) is 0 Å². The molecule has 0 aliphatic heterocycles. The van der Waals surface area contributed by atoms with Crippen molar-refractivity contribution in [1.29, 1.82) is 10.8 Å². The summed E-state index contributed by atoms with van der Waals surface area (Å²) in [6.07, 6.45) is 1.57. The molecule has 0 unspecified atom stereocenters. The molecule has 0 saturated heterocycles. The van der Waals surface area contributed by atoms with E-state index in [1.54, 1.807) is 32.2 Å². The van der Waals surface area contributed by atoms with Crippen molar-refractivity contribution in [2.45, 2.75) is 19.8 Å². The Morgan fingerprint density at radius 1 is 1.14 bits per heavy atom. The summed E-state index contributed by atoms with van der Waals surface area (Å²) in [5, 5.41) is 15.6. The fraction of sp³-hybridized carbons (Fsp3) is 0.188. The number of nitrogens with zero attached hydrogens (tertiary/aromatic N) is 1. The van der Waals surface area contributed by atoms with Gasteiger partial charge in [-0.2, -0.15) is 0 Å². The molecule has 21 heavy (non-hydrogen) atoms. The quantitative estimate of drug-likeness (QED) is 0.832. The van der Waals surface area contributed by atoms with Gasteiger partial charge in [-0.05, 0) is 37.6 Å². The third-order valence-electron chi connectivity index (χ3n) is 3.22. The predicted molar refractivity (Wildman–Crippen MR) is 81.5 cm³/mol. The Morgan fingerprint density at radius 3 is 2.38 bits per heavy atom. The molecule has 0 atom stereocenters. The van der Waals surface area contributed by atoms with Gasteiger partial charge < -0.3 is 10.8 Å². The lowest BCUT2D eigenvalue weighted by atomic mass is 9.92. The van der Waals surface area contributed by atoms with E-state index in [4.69, 9.17) is 10.8 Å². The third-order valence-corrected chi connectivity index (χ3v) is 3.22. The van der Waals surface area contributed by atoms with E-state index in [1.165, 1.54) is 28.8 Å². The lowest BCUT2D eigenvalue weighted by molar-refractivity contribution is 0.626. The summed E-state index contributed by atoms with van der Waals surface area (Å²) in [5.74, 6) is -0.891. The van der Waals surface area contributed by atoms with E-state index in [0.29, 0.717) is 22.7 Å². The average molecular weight is 285 g/mol. The Morgan fingerprint density at radius 2 is 1.81 bits per heavy atom. The van der Waals surface area contributed by atoms with Crippen molar-refractivity contribution in [2.75, 3.05) is 0 Å². The second-order valence-corrected chi connectivity index (χ2v) is 4.95. The molecule has 0 fully saturated rings. The zero-order valence-corrected chi connectivity index (χ0v) is 11.9. The van der Waals surface area contributed by atoms with Crippen molar-refractivity contribution < 1.29 is 4.39 Å². The van der Waals surface area contributed by atoms with Crippen molar-refractivity contribution in [3.63, 3.8) is 0 Å². The first-order chi connectivity index (χ1) is 9.90. The van der Waals surface area contributed by atoms with Gasteiger partial charge in [0.2, 0.25) is 0 Å². The van der Waals surface area contributed by atoms with Gasteiger partial charge in [-0.15, -0.1) is 0 Å². The minimum atomic E-state index is -0.467. The molecule has 108 valence electrons. The van der Waals surface area contributed by atoms with E-state index in [1.807, 2.05) is 0 Å². The van der Waals surface area contributed by atoms with Gasteiger partial charge in [0, 0.05) is 23.7 Å². The van der Waals surface area contributed by atoms with Crippen LogP contribution in [0.4, 0.5) is 4.39 Å². The van der Waals surface area contributed by atoms with Crippen molar-refractivity contribution >= 4 is 11.4 Å². The maximum atomic E-state index is 13.3. The van der Waals surface area contributed by atoms with Gasteiger partial charge in [0.25, 0.3) is 5.56 Å². The summed E-state index contributed by atoms with van der Waals surface area (Å²) in [7, 11) is 0. The number of hydrogen-bond acceptors (Lipinski definition) is 3. The topological polar surface area (TPSA) is 69.7 Å². The molecule has 5 heteroatoms. The monoisotopic (exact) mass is 285 g/mol. The zero-order valence-electron chi connectivity index (χ0n) is 11.9. The van der Waals surface area contributed by atoms with Crippen molar-refractivity contribution in [3.8, 4) is 5.69 Å². The minimum Gasteiger partial charge on any atom is -0.309 e. The van der Waals surface area contributed by atoms with E-state index in [-0.39, 0.29) is 5.56 Å². The van der Waals surface area contributed by atoms with Crippen molar-refractivity contribution in [2.24, 2.45) is 0 Å². The summed E-state index contributed by atoms with van der Waals surface area (Å²) in [6, 6.07) is 8.74. The van der Waals surface area contributed by atoms with Gasteiger partial charge in [0.1, 0.15) is 5.82 Å². The van der Waals surface area contributed by atoms with Gasteiger partial charge in [0.05, 0.1) is 11.6 Å². The molecule has 0 radical (unpaired) electrons. The van der Waals surface area contributed by atoms with Crippen LogP contribution in [0.3, 0.4) is 0 Å². The van der Waals surface area contributed by atoms with E-state index < -0.39 is 11.7 Å². The van der Waals surface area contributed by atoms with Crippen LogP contribution >= 0.6 is 0 Å². The molecule has 0 saturated carbocycles. The lowest BCUT2D eigenvalue weighted by Crippen LogP contribution is -2.22. The number of halogens is 1. The normalized spacial score (nSPS) is 12.0. The largest absolute Gasteiger partial charge is 0.309 e. The average Bonchev–Trinajstić information content (AvgIpc) is 2.40. The fourth-order valence-corrected chi connectivity index (χ4v) is 2.33. The maximum Gasteiger partial charge on any atom is 0.255 e. The van der Waals surface area contributed by atoms with Gasteiger partial charge in [-0.1, -0.05) is 12.1 Å². The predicted octanol–water partition coefficient (Wildman–Crippen LogP) is 3.14. The van der Waals surface area contributed by atoms with Crippen LogP contribution < -0.4 is 5.56 Å². The molecular weight excluding hydrogens is 269 g/mol. The number of nitrogens with one attached hydrogen (secondary N) is 2. The van der Waals surface area contributed by atoms with Gasteiger partial charge in [-0.25, -0.2) is 4.39 Å². The smallest absolute Gasteiger partial charge is 0.255 e. The second-order valence-electron chi connectivity index (χ2n) is 4.95. The number of hydrogen-bond donors (Lipinski definition) is 2. The molecular formula is C16H16FN3O. The van der Waals surface area contributed by atoms with Crippen LogP contribution in [0.2, 0.25) is 0 Å². The summed E-state index contributed by atoms with van der Waals surface area (Å²) >= 11 is 0. The van der Waals surface area contributed by atoms with E-state index >= 15 is 0 Å². The summed E-state index contributed by atoms with van der Waals surface area (Å²) in [5.41, 5.74) is 1.46. The van der Waals surface area contributed by atoms with Crippen LogP contribution in [-0.2, 0) is 0 Å². The van der Waals surface area contributed by atoms with Crippen molar-refractivity contribution in [1.82, 2.24) is 4.57 Å². The Kier molecular flexibility index (Phi) is 4.12. The first-order valence-electron chi connectivity index (χ1n) is 6.49. The summed E-state index contributed by atoms with van der Waals surface area (Å²) < 4.78 is 14.6. The number of rotatable bonds is 4. The van der Waals surface area contributed by atoms with Gasteiger partial charge >= 0.3 is 0 Å². The molecule has 2 rings (SSSR count). The first kappa shape index (κ1) is 14.8. The Hall–Kier alpha value is -2.56. The van der Waals surface area contributed by atoms with Crippen molar-refractivity contribution in [3.05, 3.63) is 64.3 Å². The molecule has 2 aromatic rings. The highest BCUT2D eigenvalue weighted by Gasteiger charge is 2.17. The van der Waals surface area contributed by atoms with Crippen LogP contribution in [0.5, 0.6) is 0 Å². The molecule has 1 heterocycles. The molecule has 1 aromatic carbocycles. The van der Waals surface area contributed by atoms with Crippen LogP contribution in [0.25, 0.3) is 5.69 Å². The van der Waals surface area contributed by atoms with Crippen LogP contribution in [-0.4, -0.2) is 16.0 Å². The Balaban J connectivity index is 2.59. The number of benzene rings is 1. The second kappa shape index (κ2) is 5.83. The molecule has 0 amide bonds. The highest BCUT2D eigenvalue weighted by atomic mass is 19.1. The third kappa shape index (κ3) is 3.13. The standard InChI is InChI=1S/C16H16FN3O/c1-10(18)16(11(2)19)12-6-7-15(21)20(9-12)14-5-3-4-13(17)8-14/h3-9,16,18-19H,1-2H3. The molecule has 2 N–H and O–H groups in total. The Bertz CT molecular complexity index is 750. The SMILES string of the molecule is CC(=N)C(C(C)=N)c1ccc(=O)n(-c2cccc(F)c2)c1. The summed E-state index contributed by atoms with van der Waals surface area (Å²) in [6.45, 7) is 3.25. The minimum absolute atomic E-state index is 0.284. The van der Waals surface area contributed by atoms with Crippen LogP contribution in [0.15, 0.2) is 47.4 Å². The first-order valence-corrected chi connectivity index (χ1v) is 6.49. The summed E-state index contributed by atoms with van der Waals surface area (Å²) in [4.78, 5) is 12.0. The van der Waals surface area contributed by atoms with Crippen LogP contribution in [0, 0.1) is 16.6 Å². The number of pyridine rings is 1. The lowest BCUT2D eigenvalue weighted by Gasteiger charge is -2.16. The highest BCUT2D eigenvalue weighted by Crippen LogP contribution is 2.18. The molecule has 0 bridgehead atoms. The Labute approximate surface area is 121 Å². The molecule has 0 spiro atoms. The number of aromatic nitrogens is 1. The molecule has 0 aliphatic carbocycles. The molecule has 4 nitrogen and oxygen atoms in total. The fourth-order valence-electron chi connectivity index (χ4n) is 2.33. The maximum absolute atomic E-state index is 13.3.